The standard InChI is InChI=1S/C15H26N2O3/c1-2-3-5-13(18)12-17-7-4-6-14(17)15(19)16-8-10-20-11-9-16/h2,13-14,18H,1,3-12H2/t13-,14-/m1/s1. The molecule has 2 fully saturated rings. The third kappa shape index (κ3) is 4.04. The summed E-state index contributed by atoms with van der Waals surface area (Å²) in [6, 6.07) is -0.0496. The Hall–Kier alpha value is -0.910. The minimum Gasteiger partial charge on any atom is -0.392 e. The third-order valence-corrected chi connectivity index (χ3v) is 4.12. The van der Waals surface area contributed by atoms with E-state index in [-0.39, 0.29) is 18.1 Å². The molecule has 0 aromatic rings. The average molecular weight is 282 g/mol. The fraction of sp³-hybridized carbons (Fsp3) is 0.800. The summed E-state index contributed by atoms with van der Waals surface area (Å²) in [4.78, 5) is 16.6. The molecule has 0 unspecified atom stereocenters. The number of allylic oxidation sites excluding steroid dienone is 1. The zero-order chi connectivity index (χ0) is 14.4. The molecule has 0 saturated carbocycles. The number of aliphatic hydroxyl groups is 1. The minimum absolute atomic E-state index is 0.0496. The fourth-order valence-corrected chi connectivity index (χ4v) is 2.99. The topological polar surface area (TPSA) is 53.0 Å². The molecular formula is C15H26N2O3. The van der Waals surface area contributed by atoms with Gasteiger partial charge in [-0.1, -0.05) is 6.08 Å². The summed E-state index contributed by atoms with van der Waals surface area (Å²) in [6.45, 7) is 7.84. The largest absolute Gasteiger partial charge is 0.392 e. The van der Waals surface area contributed by atoms with E-state index in [1.54, 1.807) is 0 Å². The summed E-state index contributed by atoms with van der Waals surface area (Å²) in [6.07, 6.45) is 4.93. The van der Waals surface area contributed by atoms with E-state index in [4.69, 9.17) is 4.74 Å². The van der Waals surface area contributed by atoms with Gasteiger partial charge in [0.1, 0.15) is 0 Å². The lowest BCUT2D eigenvalue weighted by atomic mass is 10.1. The van der Waals surface area contributed by atoms with Gasteiger partial charge in [0.25, 0.3) is 0 Å². The predicted octanol–water partition coefficient (Wildman–Crippen LogP) is 0.637. The lowest BCUT2D eigenvalue weighted by Crippen LogP contribution is -2.50. The van der Waals surface area contributed by atoms with Crippen LogP contribution in [0.1, 0.15) is 25.7 Å². The van der Waals surface area contributed by atoms with E-state index in [0.717, 1.165) is 32.2 Å². The van der Waals surface area contributed by atoms with Crippen LogP contribution in [0.4, 0.5) is 0 Å². The zero-order valence-electron chi connectivity index (χ0n) is 12.2. The number of β-amino-alcohol motifs (C(OH)–C–C–N with tert-alkyl or cyclic N) is 1. The number of morpholine rings is 1. The van der Waals surface area contributed by atoms with Crippen LogP contribution in [0.5, 0.6) is 0 Å². The summed E-state index contributed by atoms with van der Waals surface area (Å²) < 4.78 is 5.29. The molecule has 1 N–H and O–H groups in total. The van der Waals surface area contributed by atoms with Crippen molar-refractivity contribution in [2.75, 3.05) is 39.4 Å². The number of carbonyl (C=O) groups excluding carboxylic acids is 1. The van der Waals surface area contributed by atoms with Crippen LogP contribution in [0.25, 0.3) is 0 Å². The molecular weight excluding hydrogens is 256 g/mol. The second-order valence-electron chi connectivity index (χ2n) is 5.61. The van der Waals surface area contributed by atoms with Crippen LogP contribution >= 0.6 is 0 Å². The molecule has 0 spiro atoms. The van der Waals surface area contributed by atoms with Crippen LogP contribution < -0.4 is 0 Å². The Bertz CT molecular complexity index is 329. The van der Waals surface area contributed by atoms with Crippen LogP contribution in [-0.2, 0) is 9.53 Å². The molecule has 0 bridgehead atoms. The van der Waals surface area contributed by atoms with Gasteiger partial charge in [0.05, 0.1) is 25.4 Å². The van der Waals surface area contributed by atoms with E-state index in [9.17, 15) is 9.90 Å². The quantitative estimate of drug-likeness (QED) is 0.726. The third-order valence-electron chi connectivity index (χ3n) is 4.12. The Morgan fingerprint density at radius 2 is 2.15 bits per heavy atom. The predicted molar refractivity (Wildman–Crippen MR) is 77.4 cm³/mol. The lowest BCUT2D eigenvalue weighted by Gasteiger charge is -2.33. The Balaban J connectivity index is 1.85. The van der Waals surface area contributed by atoms with Crippen LogP contribution in [0.2, 0.25) is 0 Å². The number of ether oxygens (including phenoxy) is 1. The van der Waals surface area contributed by atoms with Crippen molar-refractivity contribution >= 4 is 5.91 Å². The molecule has 2 atom stereocenters. The first kappa shape index (κ1) is 15.5. The SMILES string of the molecule is C=CCC[C@@H](O)CN1CCC[C@@H]1C(=O)N1CCOCC1. The van der Waals surface area contributed by atoms with Crippen LogP contribution in [0.3, 0.4) is 0 Å². The Morgan fingerprint density at radius 1 is 1.40 bits per heavy atom. The molecule has 5 heteroatoms. The van der Waals surface area contributed by atoms with E-state index < -0.39 is 0 Å². The van der Waals surface area contributed by atoms with Gasteiger partial charge in [-0.05, 0) is 32.2 Å². The van der Waals surface area contributed by atoms with Gasteiger partial charge in [0.15, 0.2) is 0 Å². The van der Waals surface area contributed by atoms with Crippen molar-refractivity contribution in [1.82, 2.24) is 9.80 Å². The monoisotopic (exact) mass is 282 g/mol. The maximum Gasteiger partial charge on any atom is 0.240 e. The number of rotatable bonds is 6. The van der Waals surface area contributed by atoms with E-state index in [0.29, 0.717) is 32.8 Å². The van der Waals surface area contributed by atoms with Crippen molar-refractivity contribution in [2.45, 2.75) is 37.8 Å². The first-order chi connectivity index (χ1) is 9.72. The summed E-state index contributed by atoms with van der Waals surface area (Å²) >= 11 is 0. The number of amides is 1. The number of hydrogen-bond donors (Lipinski definition) is 1. The normalized spacial score (nSPS) is 25.6. The molecule has 2 heterocycles. The Kier molecular flexibility index (Phi) is 6.01. The van der Waals surface area contributed by atoms with Gasteiger partial charge in [0.2, 0.25) is 5.91 Å². The van der Waals surface area contributed by atoms with Gasteiger partial charge < -0.3 is 14.7 Å². The highest BCUT2D eigenvalue weighted by Crippen LogP contribution is 2.20. The highest BCUT2D eigenvalue weighted by molar-refractivity contribution is 5.82. The molecule has 0 aromatic carbocycles. The zero-order valence-corrected chi connectivity index (χ0v) is 12.2. The van der Waals surface area contributed by atoms with E-state index in [1.807, 2.05) is 11.0 Å². The number of likely N-dealkylation sites (tertiary alicyclic amines) is 1. The van der Waals surface area contributed by atoms with Crippen molar-refractivity contribution < 1.29 is 14.6 Å². The lowest BCUT2D eigenvalue weighted by molar-refractivity contribution is -0.140. The molecule has 1 amide bonds. The molecule has 2 rings (SSSR count). The van der Waals surface area contributed by atoms with E-state index >= 15 is 0 Å². The summed E-state index contributed by atoms with van der Waals surface area (Å²) in [5.41, 5.74) is 0. The average Bonchev–Trinajstić information content (AvgIpc) is 2.93. The Morgan fingerprint density at radius 3 is 2.85 bits per heavy atom. The number of hydrogen-bond acceptors (Lipinski definition) is 4. The number of carbonyl (C=O) groups is 1. The van der Waals surface area contributed by atoms with E-state index in [2.05, 4.69) is 11.5 Å². The minimum atomic E-state index is -0.369. The van der Waals surface area contributed by atoms with Crippen LogP contribution in [0, 0.1) is 0 Å². The summed E-state index contributed by atoms with van der Waals surface area (Å²) in [5, 5.41) is 10.0. The van der Waals surface area contributed by atoms with Crippen molar-refractivity contribution in [3.8, 4) is 0 Å². The van der Waals surface area contributed by atoms with Crippen molar-refractivity contribution in [3.05, 3.63) is 12.7 Å². The molecule has 2 aliphatic rings. The molecule has 2 saturated heterocycles. The van der Waals surface area contributed by atoms with Crippen molar-refractivity contribution in [1.29, 1.82) is 0 Å². The first-order valence-electron chi connectivity index (χ1n) is 7.62. The summed E-state index contributed by atoms with van der Waals surface area (Å²) in [7, 11) is 0. The number of aliphatic hydroxyl groups excluding tert-OH is 1. The molecule has 0 aliphatic carbocycles. The second kappa shape index (κ2) is 7.76. The first-order valence-corrected chi connectivity index (χ1v) is 7.62. The molecule has 0 aromatic heterocycles. The summed E-state index contributed by atoms with van der Waals surface area (Å²) in [5.74, 6) is 0.210. The molecule has 0 radical (unpaired) electrons. The van der Waals surface area contributed by atoms with Crippen LogP contribution in [0.15, 0.2) is 12.7 Å². The van der Waals surface area contributed by atoms with Crippen LogP contribution in [-0.4, -0.2) is 72.4 Å². The highest BCUT2D eigenvalue weighted by atomic mass is 16.5. The maximum absolute atomic E-state index is 12.5. The van der Waals surface area contributed by atoms with Gasteiger partial charge in [0, 0.05) is 19.6 Å². The second-order valence-corrected chi connectivity index (χ2v) is 5.61. The van der Waals surface area contributed by atoms with E-state index in [1.165, 1.54) is 0 Å². The van der Waals surface area contributed by atoms with Gasteiger partial charge >= 0.3 is 0 Å². The van der Waals surface area contributed by atoms with Crippen molar-refractivity contribution in [3.63, 3.8) is 0 Å². The molecule has 20 heavy (non-hydrogen) atoms. The number of nitrogens with zero attached hydrogens (tertiary/aromatic N) is 2. The van der Waals surface area contributed by atoms with Gasteiger partial charge in [-0.2, -0.15) is 0 Å². The van der Waals surface area contributed by atoms with Gasteiger partial charge in [-0.15, -0.1) is 6.58 Å². The fourth-order valence-electron chi connectivity index (χ4n) is 2.99. The molecule has 5 nitrogen and oxygen atoms in total. The highest BCUT2D eigenvalue weighted by Gasteiger charge is 2.34. The smallest absolute Gasteiger partial charge is 0.240 e. The Labute approximate surface area is 121 Å². The molecule has 2 aliphatic heterocycles. The van der Waals surface area contributed by atoms with Gasteiger partial charge in [-0.25, -0.2) is 0 Å². The maximum atomic E-state index is 12.5. The van der Waals surface area contributed by atoms with Crippen molar-refractivity contribution in [2.24, 2.45) is 0 Å². The molecule has 114 valence electrons. The van der Waals surface area contributed by atoms with Gasteiger partial charge in [-0.3, -0.25) is 9.69 Å².